The number of hydrogen-bond acceptors (Lipinski definition) is 3. The van der Waals surface area contributed by atoms with E-state index < -0.39 is 17.4 Å². The van der Waals surface area contributed by atoms with E-state index in [-0.39, 0.29) is 18.5 Å². The third-order valence-corrected chi connectivity index (χ3v) is 2.95. The molecule has 1 rings (SSSR count). The fourth-order valence-corrected chi connectivity index (χ4v) is 1.60. The summed E-state index contributed by atoms with van der Waals surface area (Å²) < 4.78 is 26.2. The molecule has 0 fully saturated rings. The van der Waals surface area contributed by atoms with Crippen molar-refractivity contribution >= 4 is 5.91 Å². The molecule has 3 N–H and O–H groups in total. The summed E-state index contributed by atoms with van der Waals surface area (Å²) in [6.07, 6.45) is 1.17. The van der Waals surface area contributed by atoms with Crippen LogP contribution in [0, 0.1) is 11.6 Å². The van der Waals surface area contributed by atoms with Crippen molar-refractivity contribution < 1.29 is 18.7 Å². The Bertz CT molecular complexity index is 443. The number of aromatic hydroxyl groups is 1. The first-order chi connectivity index (χ1) is 9.43. The lowest BCUT2D eigenvalue weighted by molar-refractivity contribution is -0.121. The van der Waals surface area contributed by atoms with Gasteiger partial charge in [0.15, 0.2) is 17.4 Å². The van der Waals surface area contributed by atoms with E-state index in [4.69, 9.17) is 5.11 Å². The number of benzene rings is 1. The molecule has 0 aromatic heterocycles. The Hall–Kier alpha value is -1.69. The molecule has 20 heavy (non-hydrogen) atoms. The van der Waals surface area contributed by atoms with Crippen LogP contribution in [0.3, 0.4) is 0 Å². The summed E-state index contributed by atoms with van der Waals surface area (Å²) >= 11 is 0. The van der Waals surface area contributed by atoms with Crippen molar-refractivity contribution in [2.45, 2.75) is 39.3 Å². The zero-order chi connectivity index (χ0) is 15.1. The molecule has 4 nitrogen and oxygen atoms in total. The average molecular weight is 286 g/mol. The maximum absolute atomic E-state index is 13.1. The summed E-state index contributed by atoms with van der Waals surface area (Å²) in [6.45, 7) is 4.54. The minimum Gasteiger partial charge on any atom is -0.503 e. The molecule has 0 heterocycles. The number of nitrogens with one attached hydrogen (secondary N) is 2. The molecular formula is C14H20F2N2O2. The van der Waals surface area contributed by atoms with Gasteiger partial charge in [0.1, 0.15) is 0 Å². The van der Waals surface area contributed by atoms with Gasteiger partial charge in [-0.1, -0.05) is 6.92 Å². The zero-order valence-corrected chi connectivity index (χ0v) is 11.7. The molecule has 0 aliphatic carbocycles. The van der Waals surface area contributed by atoms with Crippen LogP contribution in [0.2, 0.25) is 0 Å². The van der Waals surface area contributed by atoms with Crippen LogP contribution in [-0.2, 0) is 11.3 Å². The molecule has 0 spiro atoms. The third kappa shape index (κ3) is 5.13. The summed E-state index contributed by atoms with van der Waals surface area (Å²) in [7, 11) is 0. The molecule has 1 amide bonds. The molecule has 0 saturated heterocycles. The van der Waals surface area contributed by atoms with Crippen LogP contribution < -0.4 is 10.6 Å². The Kier molecular flexibility index (Phi) is 6.38. The maximum atomic E-state index is 13.1. The summed E-state index contributed by atoms with van der Waals surface area (Å²) in [4.78, 5) is 11.5. The van der Waals surface area contributed by atoms with Crippen molar-refractivity contribution in [1.82, 2.24) is 10.6 Å². The molecule has 112 valence electrons. The predicted molar refractivity (Wildman–Crippen MR) is 72.2 cm³/mol. The first kappa shape index (κ1) is 16.4. The lowest BCUT2D eigenvalue weighted by atomic mass is 10.2. The van der Waals surface area contributed by atoms with Crippen LogP contribution in [0.15, 0.2) is 12.1 Å². The van der Waals surface area contributed by atoms with Gasteiger partial charge in [0.05, 0.1) is 0 Å². The average Bonchev–Trinajstić information content (AvgIpc) is 2.40. The van der Waals surface area contributed by atoms with Gasteiger partial charge in [0.25, 0.3) is 0 Å². The number of phenols is 1. The second-order valence-electron chi connectivity index (χ2n) is 4.71. The number of rotatable bonds is 7. The van der Waals surface area contributed by atoms with Crippen LogP contribution >= 0.6 is 0 Å². The van der Waals surface area contributed by atoms with E-state index in [1.54, 1.807) is 0 Å². The quantitative estimate of drug-likeness (QED) is 0.672. The second-order valence-corrected chi connectivity index (χ2v) is 4.71. The van der Waals surface area contributed by atoms with Crippen molar-refractivity contribution in [2.24, 2.45) is 0 Å². The monoisotopic (exact) mass is 286 g/mol. The highest BCUT2D eigenvalue weighted by Gasteiger charge is 2.09. The zero-order valence-electron chi connectivity index (χ0n) is 11.7. The van der Waals surface area contributed by atoms with Crippen LogP contribution in [0.25, 0.3) is 0 Å². The predicted octanol–water partition coefficient (Wildman–Crippen LogP) is 2.06. The van der Waals surface area contributed by atoms with Gasteiger partial charge in [-0.05, 0) is 31.0 Å². The summed E-state index contributed by atoms with van der Waals surface area (Å²) in [5.41, 5.74) is 0.375. The van der Waals surface area contributed by atoms with Crippen LogP contribution in [0.4, 0.5) is 8.78 Å². The molecule has 6 heteroatoms. The summed E-state index contributed by atoms with van der Waals surface area (Å²) in [5.74, 6) is -3.01. The Morgan fingerprint density at radius 2 is 1.95 bits per heavy atom. The highest BCUT2D eigenvalue weighted by Crippen LogP contribution is 2.21. The van der Waals surface area contributed by atoms with E-state index in [0.29, 0.717) is 18.5 Å². The normalized spacial score (nSPS) is 12.2. The van der Waals surface area contributed by atoms with Crippen LogP contribution in [0.1, 0.15) is 32.3 Å². The van der Waals surface area contributed by atoms with E-state index in [2.05, 4.69) is 10.6 Å². The molecule has 0 aliphatic heterocycles. The van der Waals surface area contributed by atoms with Crippen LogP contribution in [0.5, 0.6) is 5.75 Å². The van der Waals surface area contributed by atoms with E-state index >= 15 is 0 Å². The number of amides is 1. The van der Waals surface area contributed by atoms with Gasteiger partial charge in [0.2, 0.25) is 5.91 Å². The van der Waals surface area contributed by atoms with Gasteiger partial charge < -0.3 is 15.7 Å². The second kappa shape index (κ2) is 7.79. The first-order valence-corrected chi connectivity index (χ1v) is 6.61. The number of carbonyl (C=O) groups excluding carboxylic acids is 1. The van der Waals surface area contributed by atoms with Gasteiger partial charge >= 0.3 is 0 Å². The van der Waals surface area contributed by atoms with E-state index in [1.807, 2.05) is 13.8 Å². The minimum atomic E-state index is -0.990. The molecule has 0 saturated carbocycles. The maximum Gasteiger partial charge on any atom is 0.221 e. The lowest BCUT2D eigenvalue weighted by Crippen LogP contribution is -2.33. The number of phenolic OH excluding ortho intramolecular Hbond substituents is 1. The minimum absolute atomic E-state index is 0.0603. The Morgan fingerprint density at radius 3 is 2.50 bits per heavy atom. The Morgan fingerprint density at radius 1 is 1.35 bits per heavy atom. The number of carbonyl (C=O) groups is 1. The molecule has 0 aliphatic rings. The molecule has 1 aromatic rings. The molecular weight excluding hydrogens is 266 g/mol. The lowest BCUT2D eigenvalue weighted by Gasteiger charge is -2.11. The van der Waals surface area contributed by atoms with Crippen molar-refractivity contribution in [3.05, 3.63) is 29.3 Å². The van der Waals surface area contributed by atoms with Gasteiger partial charge in [-0.3, -0.25) is 4.79 Å². The van der Waals surface area contributed by atoms with E-state index in [9.17, 15) is 13.6 Å². The first-order valence-electron chi connectivity index (χ1n) is 6.61. The summed E-state index contributed by atoms with van der Waals surface area (Å²) in [5, 5.41) is 14.7. The van der Waals surface area contributed by atoms with Crippen molar-refractivity contribution in [3.8, 4) is 5.75 Å². The van der Waals surface area contributed by atoms with Crippen molar-refractivity contribution in [3.63, 3.8) is 0 Å². The Balaban J connectivity index is 2.33. The SMILES string of the molecule is CCC(C)NC(=O)CCNCc1cc(F)c(O)c(F)c1. The van der Waals surface area contributed by atoms with E-state index in [1.165, 1.54) is 0 Å². The molecule has 1 aromatic carbocycles. The highest BCUT2D eigenvalue weighted by atomic mass is 19.1. The fourth-order valence-electron chi connectivity index (χ4n) is 1.60. The van der Waals surface area contributed by atoms with Crippen LogP contribution in [-0.4, -0.2) is 23.6 Å². The molecule has 0 bridgehead atoms. The molecule has 0 radical (unpaired) electrons. The fraction of sp³-hybridized carbons (Fsp3) is 0.500. The summed E-state index contributed by atoms with van der Waals surface area (Å²) in [6, 6.07) is 2.26. The topological polar surface area (TPSA) is 61.4 Å². The largest absolute Gasteiger partial charge is 0.503 e. The van der Waals surface area contributed by atoms with Gasteiger partial charge in [-0.15, -0.1) is 0 Å². The van der Waals surface area contributed by atoms with E-state index in [0.717, 1.165) is 18.6 Å². The Labute approximate surface area is 117 Å². The third-order valence-electron chi connectivity index (χ3n) is 2.95. The van der Waals surface area contributed by atoms with Crippen molar-refractivity contribution in [1.29, 1.82) is 0 Å². The van der Waals surface area contributed by atoms with Gasteiger partial charge in [-0.2, -0.15) is 0 Å². The number of halogens is 2. The standard InChI is InChI=1S/C14H20F2N2O2/c1-3-9(2)18-13(19)4-5-17-8-10-6-11(15)14(20)12(16)7-10/h6-7,9,17,20H,3-5,8H2,1-2H3,(H,18,19). The smallest absolute Gasteiger partial charge is 0.221 e. The van der Waals surface area contributed by atoms with Gasteiger partial charge in [-0.25, -0.2) is 8.78 Å². The van der Waals surface area contributed by atoms with Crippen molar-refractivity contribution in [2.75, 3.05) is 6.54 Å². The molecule has 1 unspecified atom stereocenters. The highest BCUT2D eigenvalue weighted by molar-refractivity contribution is 5.76. The van der Waals surface area contributed by atoms with Gasteiger partial charge in [0, 0.05) is 25.6 Å². The number of hydrogen-bond donors (Lipinski definition) is 3. The molecule has 1 atom stereocenters.